The Morgan fingerprint density at radius 1 is 0.963 bits per heavy atom. The molecule has 292 valence electrons. The van der Waals surface area contributed by atoms with E-state index in [2.05, 4.69) is 26.2 Å². The van der Waals surface area contributed by atoms with Gasteiger partial charge in [0.05, 0.1) is 6.42 Å². The maximum atomic E-state index is 14.2. The van der Waals surface area contributed by atoms with E-state index in [1.807, 2.05) is 6.07 Å². The highest BCUT2D eigenvalue weighted by Gasteiger charge is 2.38. The van der Waals surface area contributed by atoms with Crippen molar-refractivity contribution in [3.8, 4) is 5.75 Å². The molecule has 0 aliphatic carbocycles. The number of tetrazole rings is 1. The number of carbonyl (C=O) groups is 5. The van der Waals surface area contributed by atoms with E-state index in [0.717, 1.165) is 23.8 Å². The number of Topliss-reactive ketones (excluding diaryl/α,β-unsaturated/α-hetero) is 1. The number of aromatic nitrogens is 4. The summed E-state index contributed by atoms with van der Waals surface area (Å²) < 4.78 is 50.8. The standard InChI is InChI=1S/C36H45F2N7O9/c1-36(2,3)54-31(47)19-27(29(46)21-52-32-24(37)13-10-14-25(32)38)39-33(48)28-15-8-9-18-44(28)34(49)26(16-17-30-41-42-43-45(30)22-51-4)40-35(50)53-20-23-11-6-5-7-12-23/h5-7,10-14,26-28H,8-9,15-22H2,1-4H3,(H,39,48)(H,40,50)/t26-,27-,28-/m0/s1. The van der Waals surface area contributed by atoms with Crippen molar-refractivity contribution in [1.82, 2.24) is 35.7 Å². The van der Waals surface area contributed by atoms with Gasteiger partial charge in [-0.05, 0) is 74.6 Å². The topological polar surface area (TPSA) is 193 Å². The number of halogens is 2. The Kier molecular flexibility index (Phi) is 14.9. The zero-order valence-corrected chi connectivity index (χ0v) is 30.6. The van der Waals surface area contributed by atoms with Crippen molar-refractivity contribution in [2.24, 2.45) is 0 Å². The minimum absolute atomic E-state index is 0.0118. The molecule has 3 aromatic rings. The number of aryl methyl sites for hydroxylation is 1. The molecule has 0 bridgehead atoms. The fourth-order valence-corrected chi connectivity index (χ4v) is 5.66. The van der Waals surface area contributed by atoms with Gasteiger partial charge in [0.2, 0.25) is 11.8 Å². The van der Waals surface area contributed by atoms with Crippen LogP contribution < -0.4 is 15.4 Å². The summed E-state index contributed by atoms with van der Waals surface area (Å²) >= 11 is 0. The van der Waals surface area contributed by atoms with E-state index in [4.69, 9.17) is 18.9 Å². The summed E-state index contributed by atoms with van der Waals surface area (Å²) in [6.45, 7) is 4.09. The molecule has 0 radical (unpaired) electrons. The summed E-state index contributed by atoms with van der Waals surface area (Å²) in [4.78, 5) is 68.7. The van der Waals surface area contributed by atoms with Crippen LogP contribution in [-0.4, -0.2) is 98.8 Å². The van der Waals surface area contributed by atoms with Crippen LogP contribution in [0, 0.1) is 11.6 Å². The van der Waals surface area contributed by atoms with E-state index in [1.165, 1.54) is 16.7 Å². The number of hydrogen-bond acceptors (Lipinski definition) is 12. The highest BCUT2D eigenvalue weighted by atomic mass is 19.1. The zero-order chi connectivity index (χ0) is 39.3. The molecule has 16 nitrogen and oxygen atoms in total. The molecule has 1 saturated heterocycles. The van der Waals surface area contributed by atoms with Gasteiger partial charge in [0.15, 0.2) is 29.0 Å². The van der Waals surface area contributed by atoms with E-state index in [1.54, 1.807) is 45.0 Å². The fraction of sp³-hybridized carbons (Fsp3) is 0.500. The molecular weight excluding hydrogens is 712 g/mol. The molecule has 1 aliphatic rings. The highest BCUT2D eigenvalue weighted by molar-refractivity contribution is 5.96. The summed E-state index contributed by atoms with van der Waals surface area (Å²) in [6.07, 6.45) is -0.0803. The number of likely N-dealkylation sites (tertiary alicyclic amines) is 1. The molecule has 3 amide bonds. The third-order valence-electron chi connectivity index (χ3n) is 8.18. The lowest BCUT2D eigenvalue weighted by atomic mass is 9.98. The first-order valence-electron chi connectivity index (χ1n) is 17.4. The van der Waals surface area contributed by atoms with Gasteiger partial charge in [-0.2, -0.15) is 0 Å². The molecule has 4 rings (SSSR count). The molecule has 1 aromatic heterocycles. The lowest BCUT2D eigenvalue weighted by Gasteiger charge is -2.37. The summed E-state index contributed by atoms with van der Waals surface area (Å²) in [5.41, 5.74) is -0.201. The monoisotopic (exact) mass is 757 g/mol. The second-order valence-electron chi connectivity index (χ2n) is 13.5. The van der Waals surface area contributed by atoms with Gasteiger partial charge in [-0.1, -0.05) is 36.4 Å². The molecule has 0 saturated carbocycles. The Balaban J connectivity index is 1.52. The number of ether oxygens (including phenoxy) is 4. The molecule has 54 heavy (non-hydrogen) atoms. The Morgan fingerprint density at radius 3 is 2.37 bits per heavy atom. The minimum atomic E-state index is -1.54. The summed E-state index contributed by atoms with van der Waals surface area (Å²) in [5.74, 6) is -5.59. The highest BCUT2D eigenvalue weighted by Crippen LogP contribution is 2.23. The van der Waals surface area contributed by atoms with Gasteiger partial charge in [-0.25, -0.2) is 18.3 Å². The van der Waals surface area contributed by atoms with Crippen LogP contribution in [0.2, 0.25) is 0 Å². The summed E-state index contributed by atoms with van der Waals surface area (Å²) in [6, 6.07) is 8.10. The number of esters is 1. The van der Waals surface area contributed by atoms with Crippen LogP contribution in [-0.2, 0) is 53.1 Å². The predicted octanol–water partition coefficient (Wildman–Crippen LogP) is 3.03. The lowest BCUT2D eigenvalue weighted by molar-refractivity contribution is -0.157. The van der Waals surface area contributed by atoms with Gasteiger partial charge in [0.25, 0.3) is 0 Å². The van der Waals surface area contributed by atoms with Gasteiger partial charge in [-0.3, -0.25) is 19.2 Å². The Morgan fingerprint density at radius 2 is 1.69 bits per heavy atom. The number of para-hydroxylation sites is 1. The Labute approximate surface area is 310 Å². The van der Waals surface area contributed by atoms with Crippen LogP contribution in [0.5, 0.6) is 5.75 Å². The van der Waals surface area contributed by atoms with Gasteiger partial charge in [-0.15, -0.1) is 5.10 Å². The molecule has 2 heterocycles. The number of amides is 3. The molecule has 0 spiro atoms. The molecular formula is C36H45F2N7O9. The number of alkyl carbamates (subject to hydrolysis) is 1. The van der Waals surface area contributed by atoms with Crippen molar-refractivity contribution < 1.29 is 51.7 Å². The van der Waals surface area contributed by atoms with Gasteiger partial charge >= 0.3 is 12.1 Å². The number of piperidine rings is 1. The van der Waals surface area contributed by atoms with Gasteiger partial charge in [0.1, 0.15) is 43.7 Å². The second kappa shape index (κ2) is 19.5. The number of hydrogen-bond donors (Lipinski definition) is 2. The normalized spacial score (nSPS) is 15.4. The third kappa shape index (κ3) is 12.3. The van der Waals surface area contributed by atoms with Crippen molar-refractivity contribution in [2.45, 2.75) is 96.4 Å². The Bertz CT molecular complexity index is 1730. The quantitative estimate of drug-likeness (QED) is 0.192. The molecule has 2 N–H and O–H groups in total. The van der Waals surface area contributed by atoms with Crippen LogP contribution in [0.15, 0.2) is 48.5 Å². The van der Waals surface area contributed by atoms with Crippen LogP contribution in [0.25, 0.3) is 0 Å². The van der Waals surface area contributed by atoms with Crippen molar-refractivity contribution in [3.63, 3.8) is 0 Å². The van der Waals surface area contributed by atoms with Crippen LogP contribution in [0.1, 0.15) is 64.3 Å². The average Bonchev–Trinajstić information content (AvgIpc) is 3.58. The largest absolute Gasteiger partial charge is 0.480 e. The van der Waals surface area contributed by atoms with Crippen LogP contribution in [0.4, 0.5) is 13.6 Å². The smallest absolute Gasteiger partial charge is 0.408 e. The zero-order valence-electron chi connectivity index (χ0n) is 30.6. The number of ketones is 1. The number of methoxy groups -OCH3 is 1. The number of nitrogens with one attached hydrogen (secondary N) is 2. The number of rotatable bonds is 17. The SMILES string of the molecule is COCn1nnnc1CC[C@H](NC(=O)OCc1ccccc1)C(=O)N1CCCC[C@H]1C(=O)N[C@@H](CC(=O)OC(C)(C)C)C(=O)COc1c(F)cccc1F. The first kappa shape index (κ1) is 41.2. The predicted molar refractivity (Wildman–Crippen MR) is 185 cm³/mol. The van der Waals surface area contributed by atoms with Gasteiger partial charge in [0, 0.05) is 20.1 Å². The van der Waals surface area contributed by atoms with E-state index < -0.39 is 83.8 Å². The van der Waals surface area contributed by atoms with Gasteiger partial charge < -0.3 is 34.5 Å². The van der Waals surface area contributed by atoms with E-state index >= 15 is 0 Å². The lowest BCUT2D eigenvalue weighted by Crippen LogP contribution is -2.59. The van der Waals surface area contributed by atoms with E-state index in [-0.39, 0.29) is 39.1 Å². The first-order chi connectivity index (χ1) is 25.8. The fourth-order valence-electron chi connectivity index (χ4n) is 5.66. The number of nitrogens with zero attached hydrogens (tertiary/aromatic N) is 5. The van der Waals surface area contributed by atoms with Crippen molar-refractivity contribution in [2.75, 3.05) is 20.3 Å². The van der Waals surface area contributed by atoms with Crippen LogP contribution >= 0.6 is 0 Å². The van der Waals surface area contributed by atoms with E-state index in [0.29, 0.717) is 18.7 Å². The molecule has 1 fully saturated rings. The molecule has 1 aliphatic heterocycles. The van der Waals surface area contributed by atoms with Crippen molar-refractivity contribution >= 4 is 29.7 Å². The van der Waals surface area contributed by atoms with E-state index in [9.17, 15) is 32.8 Å². The maximum absolute atomic E-state index is 14.2. The number of benzene rings is 2. The number of carbonyl (C=O) groups excluding carboxylic acids is 5. The second-order valence-corrected chi connectivity index (χ2v) is 13.5. The molecule has 0 unspecified atom stereocenters. The molecule has 2 aromatic carbocycles. The van der Waals surface area contributed by atoms with Crippen LogP contribution in [0.3, 0.4) is 0 Å². The third-order valence-corrected chi connectivity index (χ3v) is 8.18. The molecule has 3 atom stereocenters. The van der Waals surface area contributed by atoms with Crippen molar-refractivity contribution in [3.05, 3.63) is 71.6 Å². The average molecular weight is 758 g/mol. The summed E-state index contributed by atoms with van der Waals surface area (Å²) in [5, 5.41) is 16.7. The Hall–Kier alpha value is -5.52. The minimum Gasteiger partial charge on any atom is -0.480 e. The maximum Gasteiger partial charge on any atom is 0.408 e. The van der Waals surface area contributed by atoms with Crippen molar-refractivity contribution in [1.29, 1.82) is 0 Å². The molecule has 18 heteroatoms. The first-order valence-corrected chi connectivity index (χ1v) is 17.4. The summed E-state index contributed by atoms with van der Waals surface area (Å²) in [7, 11) is 1.46.